The number of rotatable bonds is 52. The first-order valence-electron chi connectivity index (χ1n) is 29.8. The Balaban J connectivity index is 2.09. The first-order chi connectivity index (χ1) is 33.3. The van der Waals surface area contributed by atoms with Crippen molar-refractivity contribution >= 4 is 5.91 Å². The van der Waals surface area contributed by atoms with Gasteiger partial charge in [0, 0.05) is 0 Å². The number of amides is 1. The number of nitrogens with one attached hydrogen (secondary N) is 1. The minimum absolute atomic E-state index is 0.250. The molecular formula is C58H115NO9. The van der Waals surface area contributed by atoms with Crippen LogP contribution >= 0.6 is 0 Å². The Morgan fingerprint density at radius 2 is 0.735 bits per heavy atom. The van der Waals surface area contributed by atoms with Crippen molar-refractivity contribution in [3.63, 3.8) is 0 Å². The van der Waals surface area contributed by atoms with Crippen LogP contribution in [0.4, 0.5) is 0 Å². The van der Waals surface area contributed by atoms with E-state index in [1.165, 1.54) is 231 Å². The lowest BCUT2D eigenvalue weighted by molar-refractivity contribution is -0.302. The summed E-state index contributed by atoms with van der Waals surface area (Å²) in [5.41, 5.74) is 0. The van der Waals surface area contributed by atoms with Crippen LogP contribution < -0.4 is 5.32 Å². The molecule has 406 valence electrons. The second-order valence-electron chi connectivity index (χ2n) is 21.3. The first kappa shape index (κ1) is 65.2. The predicted molar refractivity (Wildman–Crippen MR) is 283 cm³/mol. The van der Waals surface area contributed by atoms with Crippen molar-refractivity contribution in [1.82, 2.24) is 5.32 Å². The highest BCUT2D eigenvalue weighted by Crippen LogP contribution is 2.24. The fourth-order valence-electron chi connectivity index (χ4n) is 10.00. The lowest BCUT2D eigenvalue weighted by Gasteiger charge is -2.40. The number of carbonyl (C=O) groups is 1. The smallest absolute Gasteiger partial charge is 0.249 e. The number of aliphatic hydroxyl groups is 6. The number of hydrogen-bond acceptors (Lipinski definition) is 9. The van der Waals surface area contributed by atoms with Gasteiger partial charge in [-0.15, -0.1) is 0 Å². The van der Waals surface area contributed by atoms with Crippen molar-refractivity contribution in [1.29, 1.82) is 0 Å². The van der Waals surface area contributed by atoms with Crippen LogP contribution in [0.15, 0.2) is 0 Å². The van der Waals surface area contributed by atoms with Crippen molar-refractivity contribution in [3.8, 4) is 0 Å². The summed E-state index contributed by atoms with van der Waals surface area (Å²) in [6.45, 7) is 3.69. The monoisotopic (exact) mass is 970 g/mol. The third kappa shape index (κ3) is 37.0. The number of unbranched alkanes of at least 4 members (excludes halogenated alkanes) is 41. The van der Waals surface area contributed by atoms with E-state index in [2.05, 4.69) is 19.2 Å². The van der Waals surface area contributed by atoms with E-state index in [1.807, 2.05) is 0 Å². The fraction of sp³-hybridized carbons (Fsp3) is 0.983. The lowest BCUT2D eigenvalue weighted by atomic mass is 9.99. The van der Waals surface area contributed by atoms with E-state index in [0.717, 1.165) is 44.9 Å². The van der Waals surface area contributed by atoms with Gasteiger partial charge in [0.15, 0.2) is 6.29 Å². The highest BCUT2D eigenvalue weighted by Gasteiger charge is 2.44. The minimum Gasteiger partial charge on any atom is -0.394 e. The second kappa shape index (κ2) is 48.4. The number of aliphatic hydroxyl groups excluding tert-OH is 6. The summed E-state index contributed by atoms with van der Waals surface area (Å²) in [6, 6.07) is -0.888. The highest BCUT2D eigenvalue weighted by atomic mass is 16.7. The van der Waals surface area contributed by atoms with E-state index in [-0.39, 0.29) is 6.61 Å². The van der Waals surface area contributed by atoms with Crippen LogP contribution in [-0.2, 0) is 14.3 Å². The van der Waals surface area contributed by atoms with Gasteiger partial charge in [0.2, 0.25) is 5.91 Å². The molecule has 1 aliphatic rings. The maximum absolute atomic E-state index is 13.1. The molecule has 7 N–H and O–H groups in total. The average Bonchev–Trinajstić information content (AvgIpc) is 3.34. The third-order valence-electron chi connectivity index (χ3n) is 14.8. The SMILES string of the molecule is CCCCCCCCCCCCCCCCCCCCCCCCCCCCCCCCCCC(O)C(=O)NC(COC1OC(CO)C(O)C(O)C1O)C(O)CCCCCCCCCCCCC. The zero-order chi connectivity index (χ0) is 49.6. The van der Waals surface area contributed by atoms with E-state index in [0.29, 0.717) is 12.8 Å². The van der Waals surface area contributed by atoms with Gasteiger partial charge in [-0.25, -0.2) is 0 Å². The Morgan fingerprint density at radius 3 is 1.04 bits per heavy atom. The quantitative estimate of drug-likeness (QED) is 0.0293. The zero-order valence-corrected chi connectivity index (χ0v) is 44.8. The summed E-state index contributed by atoms with van der Waals surface area (Å²) in [5.74, 6) is -0.578. The summed E-state index contributed by atoms with van der Waals surface area (Å²) < 4.78 is 11.2. The highest BCUT2D eigenvalue weighted by molar-refractivity contribution is 5.80. The summed E-state index contributed by atoms with van der Waals surface area (Å²) in [4.78, 5) is 13.1. The van der Waals surface area contributed by atoms with Crippen molar-refractivity contribution in [2.45, 2.75) is 352 Å². The Hall–Kier alpha value is -0.850. The molecule has 0 saturated carbocycles. The molecule has 0 aromatic carbocycles. The molecule has 1 fully saturated rings. The Kier molecular flexibility index (Phi) is 46.4. The fourth-order valence-corrected chi connectivity index (χ4v) is 10.00. The van der Waals surface area contributed by atoms with Gasteiger partial charge in [0.1, 0.15) is 30.5 Å². The maximum atomic E-state index is 13.1. The molecule has 1 amide bonds. The van der Waals surface area contributed by atoms with Crippen LogP contribution in [0.25, 0.3) is 0 Å². The molecule has 8 atom stereocenters. The molecule has 1 rings (SSSR count). The Bertz CT molecular complexity index is 1050. The number of ether oxygens (including phenoxy) is 2. The zero-order valence-electron chi connectivity index (χ0n) is 44.8. The van der Waals surface area contributed by atoms with E-state index in [1.54, 1.807) is 0 Å². The molecule has 0 radical (unpaired) electrons. The van der Waals surface area contributed by atoms with Crippen LogP contribution in [0.1, 0.15) is 303 Å². The molecule has 1 saturated heterocycles. The molecule has 1 aliphatic heterocycles. The van der Waals surface area contributed by atoms with E-state index in [4.69, 9.17) is 9.47 Å². The number of carbonyl (C=O) groups excluding carboxylic acids is 1. The van der Waals surface area contributed by atoms with Gasteiger partial charge in [-0.3, -0.25) is 4.79 Å². The van der Waals surface area contributed by atoms with Crippen LogP contribution in [0.2, 0.25) is 0 Å². The molecule has 0 spiro atoms. The largest absolute Gasteiger partial charge is 0.394 e. The molecule has 8 unspecified atom stereocenters. The van der Waals surface area contributed by atoms with Gasteiger partial charge in [-0.05, 0) is 12.8 Å². The summed E-state index contributed by atoms with van der Waals surface area (Å²) in [7, 11) is 0. The van der Waals surface area contributed by atoms with Crippen molar-refractivity contribution in [2.24, 2.45) is 0 Å². The van der Waals surface area contributed by atoms with E-state index < -0.39 is 61.5 Å². The van der Waals surface area contributed by atoms with Crippen LogP contribution in [0.3, 0.4) is 0 Å². The summed E-state index contributed by atoms with van der Waals surface area (Å²) in [5, 5.41) is 65.0. The predicted octanol–water partition coefficient (Wildman–Crippen LogP) is 13.6. The molecule has 10 heteroatoms. The van der Waals surface area contributed by atoms with Crippen LogP contribution in [0, 0.1) is 0 Å². The van der Waals surface area contributed by atoms with Crippen molar-refractivity contribution in [3.05, 3.63) is 0 Å². The van der Waals surface area contributed by atoms with Gasteiger partial charge in [0.05, 0.1) is 25.4 Å². The van der Waals surface area contributed by atoms with Crippen molar-refractivity contribution < 1.29 is 44.9 Å². The standard InChI is InChI=1S/C58H115NO9/c1-3-5-7-9-11-13-15-16-17-18-19-20-21-22-23-24-25-26-27-28-29-30-31-32-33-34-35-37-39-41-43-45-47-52(62)57(66)59-50(49-67-58-56(65)55(64)54(63)53(48-60)68-58)51(61)46-44-42-40-38-36-14-12-10-8-6-4-2/h50-56,58,60-65H,3-49H2,1-2H3,(H,59,66). The molecule has 0 aromatic heterocycles. The molecule has 10 nitrogen and oxygen atoms in total. The summed E-state index contributed by atoms with van der Waals surface area (Å²) in [6.07, 6.45) is 47.7. The molecule has 0 bridgehead atoms. The molecule has 68 heavy (non-hydrogen) atoms. The topological polar surface area (TPSA) is 169 Å². The molecule has 1 heterocycles. The van der Waals surface area contributed by atoms with Gasteiger partial charge < -0.3 is 45.4 Å². The van der Waals surface area contributed by atoms with Gasteiger partial charge in [-0.1, -0.05) is 290 Å². The summed E-state index contributed by atoms with van der Waals surface area (Å²) >= 11 is 0. The van der Waals surface area contributed by atoms with E-state index >= 15 is 0 Å². The molecular weight excluding hydrogens is 855 g/mol. The molecule has 0 aromatic rings. The first-order valence-corrected chi connectivity index (χ1v) is 29.8. The van der Waals surface area contributed by atoms with E-state index in [9.17, 15) is 35.4 Å². The van der Waals surface area contributed by atoms with Crippen molar-refractivity contribution in [2.75, 3.05) is 13.2 Å². The lowest BCUT2D eigenvalue weighted by Crippen LogP contribution is -2.60. The van der Waals surface area contributed by atoms with Crippen LogP contribution in [-0.4, -0.2) is 98.7 Å². The second-order valence-corrected chi connectivity index (χ2v) is 21.3. The molecule has 0 aliphatic carbocycles. The average molecular weight is 971 g/mol. The van der Waals surface area contributed by atoms with Gasteiger partial charge in [-0.2, -0.15) is 0 Å². The minimum atomic E-state index is -1.59. The Labute approximate surface area is 419 Å². The Morgan fingerprint density at radius 1 is 0.441 bits per heavy atom. The maximum Gasteiger partial charge on any atom is 0.249 e. The number of hydrogen-bond donors (Lipinski definition) is 7. The van der Waals surface area contributed by atoms with Crippen LogP contribution in [0.5, 0.6) is 0 Å². The third-order valence-corrected chi connectivity index (χ3v) is 14.8. The van der Waals surface area contributed by atoms with Gasteiger partial charge >= 0.3 is 0 Å². The van der Waals surface area contributed by atoms with Gasteiger partial charge in [0.25, 0.3) is 0 Å². The normalized spacial score (nSPS) is 19.9.